The van der Waals surface area contributed by atoms with E-state index in [1.165, 1.54) is 0 Å². The molecule has 1 aliphatic heterocycles. The van der Waals surface area contributed by atoms with Crippen LogP contribution in [0.4, 0.5) is 5.69 Å². The van der Waals surface area contributed by atoms with Gasteiger partial charge in [0.2, 0.25) is 5.91 Å². The lowest BCUT2D eigenvalue weighted by Crippen LogP contribution is -2.23. The minimum atomic E-state index is -3.07. The summed E-state index contributed by atoms with van der Waals surface area (Å²) in [7, 11) is -3.07. The summed E-state index contributed by atoms with van der Waals surface area (Å²) in [5.41, 5.74) is 2.29. The summed E-state index contributed by atoms with van der Waals surface area (Å²) in [4.78, 5) is 21.1. The van der Waals surface area contributed by atoms with Gasteiger partial charge < -0.3 is 10.3 Å². The first-order valence-electron chi connectivity index (χ1n) is 7.55. The highest BCUT2D eigenvalue weighted by molar-refractivity contribution is 7.91. The van der Waals surface area contributed by atoms with E-state index in [1.807, 2.05) is 29.6 Å². The number of nitrogens with zero attached hydrogens (tertiary/aromatic N) is 1. The molecule has 2 N–H and O–H groups in total. The summed E-state index contributed by atoms with van der Waals surface area (Å²) < 4.78 is 23.0. The monoisotopic (exact) mass is 361 g/mol. The van der Waals surface area contributed by atoms with Gasteiger partial charge in [0.05, 0.1) is 33.3 Å². The second kappa shape index (κ2) is 5.71. The Morgan fingerprint density at radius 1 is 1.33 bits per heavy atom. The number of fused-ring (bicyclic) bond motifs is 1. The first-order valence-corrected chi connectivity index (χ1v) is 10.3. The van der Waals surface area contributed by atoms with E-state index in [0.29, 0.717) is 12.1 Å². The standard InChI is InChI=1S/C16H15N3O3S2/c20-16(10-5-7-24(21,22)9-10)17-11-3-4-12-13(8-11)19-15(18-12)14-2-1-6-23-14/h1-4,6,8,10H,5,7,9H2,(H,17,20)(H,18,19). The highest BCUT2D eigenvalue weighted by Crippen LogP contribution is 2.26. The van der Waals surface area contributed by atoms with Gasteiger partial charge in [0, 0.05) is 5.69 Å². The molecule has 0 bridgehead atoms. The lowest BCUT2D eigenvalue weighted by atomic mass is 10.1. The van der Waals surface area contributed by atoms with E-state index in [4.69, 9.17) is 0 Å². The third kappa shape index (κ3) is 2.94. The number of hydrogen-bond acceptors (Lipinski definition) is 5. The Morgan fingerprint density at radius 2 is 2.21 bits per heavy atom. The van der Waals surface area contributed by atoms with Crippen LogP contribution in [0.15, 0.2) is 35.7 Å². The fraction of sp³-hybridized carbons (Fsp3) is 0.250. The number of rotatable bonds is 3. The molecule has 1 saturated heterocycles. The lowest BCUT2D eigenvalue weighted by molar-refractivity contribution is -0.119. The molecule has 8 heteroatoms. The molecule has 0 saturated carbocycles. The van der Waals surface area contributed by atoms with Crippen LogP contribution in [0.3, 0.4) is 0 Å². The first kappa shape index (κ1) is 15.3. The van der Waals surface area contributed by atoms with Gasteiger partial charge in [-0.05, 0) is 36.1 Å². The van der Waals surface area contributed by atoms with Crippen molar-refractivity contribution in [2.24, 2.45) is 5.92 Å². The van der Waals surface area contributed by atoms with Crippen LogP contribution in [0, 0.1) is 5.92 Å². The topological polar surface area (TPSA) is 91.9 Å². The maximum atomic E-state index is 12.2. The largest absolute Gasteiger partial charge is 0.337 e. The number of thiophene rings is 1. The maximum Gasteiger partial charge on any atom is 0.228 e. The van der Waals surface area contributed by atoms with Gasteiger partial charge in [-0.2, -0.15) is 0 Å². The van der Waals surface area contributed by atoms with Crippen LogP contribution < -0.4 is 5.32 Å². The summed E-state index contributed by atoms with van der Waals surface area (Å²) in [5, 5.41) is 4.80. The number of carbonyl (C=O) groups is 1. The zero-order chi connectivity index (χ0) is 16.7. The number of nitrogens with one attached hydrogen (secondary N) is 2. The van der Waals surface area contributed by atoms with E-state index in [1.54, 1.807) is 17.4 Å². The second-order valence-electron chi connectivity index (χ2n) is 5.88. The molecular formula is C16H15N3O3S2. The number of H-pyrrole nitrogens is 1. The molecule has 124 valence electrons. The molecular weight excluding hydrogens is 346 g/mol. The average molecular weight is 361 g/mol. The van der Waals surface area contributed by atoms with Crippen molar-refractivity contribution in [1.82, 2.24) is 9.97 Å². The zero-order valence-electron chi connectivity index (χ0n) is 12.7. The molecule has 4 rings (SSSR count). The van der Waals surface area contributed by atoms with Crippen molar-refractivity contribution in [2.75, 3.05) is 16.8 Å². The highest BCUT2D eigenvalue weighted by atomic mass is 32.2. The molecule has 2 aromatic heterocycles. The highest BCUT2D eigenvalue weighted by Gasteiger charge is 2.32. The number of benzene rings is 1. The van der Waals surface area contributed by atoms with Crippen LogP contribution >= 0.6 is 11.3 Å². The van der Waals surface area contributed by atoms with E-state index >= 15 is 0 Å². The van der Waals surface area contributed by atoms with Crippen molar-refractivity contribution < 1.29 is 13.2 Å². The van der Waals surface area contributed by atoms with E-state index in [2.05, 4.69) is 15.3 Å². The van der Waals surface area contributed by atoms with Gasteiger partial charge in [-0.3, -0.25) is 4.79 Å². The van der Waals surface area contributed by atoms with E-state index < -0.39 is 15.8 Å². The molecule has 6 nitrogen and oxygen atoms in total. The third-order valence-electron chi connectivity index (χ3n) is 4.11. The van der Waals surface area contributed by atoms with Gasteiger partial charge in [0.1, 0.15) is 5.82 Å². The zero-order valence-corrected chi connectivity index (χ0v) is 14.3. The fourth-order valence-corrected chi connectivity index (χ4v) is 5.27. The van der Waals surface area contributed by atoms with Crippen LogP contribution in [0.25, 0.3) is 21.7 Å². The Morgan fingerprint density at radius 3 is 2.92 bits per heavy atom. The smallest absolute Gasteiger partial charge is 0.228 e. The van der Waals surface area contributed by atoms with Crippen molar-refractivity contribution >= 4 is 43.8 Å². The van der Waals surface area contributed by atoms with E-state index in [0.717, 1.165) is 21.7 Å². The van der Waals surface area contributed by atoms with Gasteiger partial charge in [-0.15, -0.1) is 11.3 Å². The molecule has 1 aromatic carbocycles. The number of carbonyl (C=O) groups excluding carboxylic acids is 1. The molecule has 0 aliphatic carbocycles. The van der Waals surface area contributed by atoms with Gasteiger partial charge in [0.25, 0.3) is 0 Å². The van der Waals surface area contributed by atoms with Gasteiger partial charge in [-0.1, -0.05) is 6.07 Å². The number of amides is 1. The predicted molar refractivity (Wildman–Crippen MR) is 94.8 cm³/mol. The summed E-state index contributed by atoms with van der Waals surface area (Å²) in [6.45, 7) is 0. The number of hydrogen-bond donors (Lipinski definition) is 2. The SMILES string of the molecule is O=C(Nc1ccc2nc(-c3cccs3)[nH]c2c1)C1CCS(=O)(=O)C1. The second-order valence-corrected chi connectivity index (χ2v) is 9.06. The quantitative estimate of drug-likeness (QED) is 0.750. The minimum Gasteiger partial charge on any atom is -0.337 e. The van der Waals surface area contributed by atoms with Crippen LogP contribution in [0.5, 0.6) is 0 Å². The lowest BCUT2D eigenvalue weighted by Gasteiger charge is -2.09. The Kier molecular flexibility index (Phi) is 3.65. The number of sulfone groups is 1. The molecule has 0 spiro atoms. The Bertz CT molecular complexity index is 1010. The number of imidazole rings is 1. The van der Waals surface area contributed by atoms with E-state index in [-0.39, 0.29) is 17.4 Å². The van der Waals surface area contributed by atoms with Gasteiger partial charge in [0.15, 0.2) is 9.84 Å². The Balaban J connectivity index is 1.56. The fourth-order valence-electron chi connectivity index (χ4n) is 2.86. The van der Waals surface area contributed by atoms with Crippen molar-refractivity contribution in [3.05, 3.63) is 35.7 Å². The maximum absolute atomic E-state index is 12.2. The average Bonchev–Trinajstić information content (AvgIpc) is 3.24. The molecule has 3 heterocycles. The van der Waals surface area contributed by atoms with Crippen molar-refractivity contribution in [3.8, 4) is 10.7 Å². The normalized spacial score (nSPS) is 19.6. The van der Waals surface area contributed by atoms with Crippen LogP contribution in [0.1, 0.15) is 6.42 Å². The molecule has 1 atom stereocenters. The molecule has 24 heavy (non-hydrogen) atoms. The van der Waals surface area contributed by atoms with Crippen molar-refractivity contribution in [1.29, 1.82) is 0 Å². The van der Waals surface area contributed by atoms with Gasteiger partial charge >= 0.3 is 0 Å². The minimum absolute atomic E-state index is 0.0618. The summed E-state index contributed by atoms with van der Waals surface area (Å²) in [6.07, 6.45) is 0.392. The van der Waals surface area contributed by atoms with Crippen LogP contribution in [0.2, 0.25) is 0 Å². The Hall–Kier alpha value is -2.19. The first-order chi connectivity index (χ1) is 11.5. The van der Waals surface area contributed by atoms with Gasteiger partial charge in [-0.25, -0.2) is 13.4 Å². The Labute approximate surface area is 142 Å². The molecule has 0 radical (unpaired) electrons. The summed E-state index contributed by atoms with van der Waals surface area (Å²) in [6, 6.07) is 9.40. The number of aromatic amines is 1. The number of anilines is 1. The van der Waals surface area contributed by atoms with Crippen molar-refractivity contribution in [3.63, 3.8) is 0 Å². The molecule has 1 amide bonds. The molecule has 1 aliphatic rings. The summed E-state index contributed by atoms with van der Waals surface area (Å²) in [5.74, 6) is 0.121. The number of aromatic nitrogens is 2. The van der Waals surface area contributed by atoms with Crippen molar-refractivity contribution in [2.45, 2.75) is 6.42 Å². The van der Waals surface area contributed by atoms with E-state index in [9.17, 15) is 13.2 Å². The van der Waals surface area contributed by atoms with Crippen LogP contribution in [-0.2, 0) is 14.6 Å². The summed E-state index contributed by atoms with van der Waals surface area (Å²) >= 11 is 1.60. The third-order valence-corrected chi connectivity index (χ3v) is 6.75. The molecule has 3 aromatic rings. The molecule has 1 unspecified atom stereocenters. The molecule has 1 fully saturated rings. The van der Waals surface area contributed by atoms with Crippen LogP contribution in [-0.4, -0.2) is 35.8 Å². The predicted octanol–water partition coefficient (Wildman–Crippen LogP) is 2.66.